The fraction of sp³-hybridized carbons (Fsp3) is 0.500. The molecule has 0 bridgehead atoms. The molecule has 0 spiro atoms. The molecule has 16 heavy (non-hydrogen) atoms. The molecule has 0 saturated carbocycles. The Bertz CT molecular complexity index is 395. The summed E-state index contributed by atoms with van der Waals surface area (Å²) in [7, 11) is 0. The molecule has 0 saturated heterocycles. The number of carbonyl (C=O) groups is 2. The zero-order valence-electron chi connectivity index (χ0n) is 10.0. The Morgan fingerprint density at radius 3 is 2.19 bits per heavy atom. The molecule has 0 aliphatic rings. The summed E-state index contributed by atoms with van der Waals surface area (Å²) >= 11 is 1.24. The minimum Gasteiger partial charge on any atom is -0.349 e. The molecule has 1 atom stereocenters. The van der Waals surface area contributed by atoms with Crippen molar-refractivity contribution in [3.63, 3.8) is 0 Å². The van der Waals surface area contributed by atoms with E-state index in [9.17, 15) is 9.59 Å². The van der Waals surface area contributed by atoms with Crippen LogP contribution in [0.5, 0.6) is 0 Å². The lowest BCUT2D eigenvalue weighted by molar-refractivity contribution is 0.0934. The summed E-state index contributed by atoms with van der Waals surface area (Å²) in [6, 6.07) is 3.53. The Labute approximate surface area is 99.9 Å². The second kappa shape index (κ2) is 5.25. The van der Waals surface area contributed by atoms with Gasteiger partial charge in [0, 0.05) is 6.04 Å². The number of rotatable bonds is 4. The molecule has 3 nitrogen and oxygen atoms in total. The molecule has 0 fully saturated rings. The third-order valence-electron chi connectivity index (χ3n) is 2.54. The summed E-state index contributed by atoms with van der Waals surface area (Å²) in [6.07, 6.45) is 0. The highest BCUT2D eigenvalue weighted by molar-refractivity contribution is 7.15. The standard InChI is InChI=1S/C12H17NO2S/c1-7(2)8(3)13-12(15)11-6-5-10(16-11)9(4)14/h5-8H,1-4H3,(H,13,15). The van der Waals surface area contributed by atoms with Gasteiger partial charge in [0.15, 0.2) is 5.78 Å². The van der Waals surface area contributed by atoms with Gasteiger partial charge in [0.2, 0.25) is 0 Å². The molecule has 1 rings (SSSR count). The molecule has 0 radical (unpaired) electrons. The molecule has 1 aromatic rings. The maximum Gasteiger partial charge on any atom is 0.261 e. The molecule has 0 aliphatic carbocycles. The normalized spacial score (nSPS) is 12.6. The minimum absolute atomic E-state index is 0.000887. The van der Waals surface area contributed by atoms with E-state index in [4.69, 9.17) is 0 Å². The quantitative estimate of drug-likeness (QED) is 0.821. The van der Waals surface area contributed by atoms with E-state index >= 15 is 0 Å². The smallest absolute Gasteiger partial charge is 0.261 e. The van der Waals surface area contributed by atoms with Gasteiger partial charge in [0.1, 0.15) is 0 Å². The van der Waals surface area contributed by atoms with E-state index in [1.807, 2.05) is 6.92 Å². The van der Waals surface area contributed by atoms with Crippen molar-refractivity contribution in [1.82, 2.24) is 5.32 Å². The van der Waals surface area contributed by atoms with E-state index in [-0.39, 0.29) is 17.7 Å². The Balaban J connectivity index is 2.70. The highest BCUT2D eigenvalue weighted by atomic mass is 32.1. The van der Waals surface area contributed by atoms with Gasteiger partial charge < -0.3 is 5.32 Å². The maximum absolute atomic E-state index is 11.8. The largest absolute Gasteiger partial charge is 0.349 e. The van der Waals surface area contributed by atoms with Crippen LogP contribution in [0.15, 0.2) is 12.1 Å². The lowest BCUT2D eigenvalue weighted by Gasteiger charge is -2.16. The van der Waals surface area contributed by atoms with Crippen LogP contribution in [0, 0.1) is 5.92 Å². The Hall–Kier alpha value is -1.16. The molecule has 4 heteroatoms. The van der Waals surface area contributed by atoms with Gasteiger partial charge in [0.05, 0.1) is 9.75 Å². The molecule has 1 unspecified atom stereocenters. The molecule has 1 heterocycles. The Morgan fingerprint density at radius 1 is 1.19 bits per heavy atom. The summed E-state index contributed by atoms with van der Waals surface area (Å²) < 4.78 is 0. The number of Topliss-reactive ketones (excluding diaryl/α,β-unsaturated/α-hetero) is 1. The van der Waals surface area contributed by atoms with Crippen molar-refractivity contribution in [2.45, 2.75) is 33.7 Å². The van der Waals surface area contributed by atoms with E-state index in [1.54, 1.807) is 12.1 Å². The predicted molar refractivity (Wildman–Crippen MR) is 66.1 cm³/mol. The number of carbonyl (C=O) groups excluding carboxylic acids is 2. The lowest BCUT2D eigenvalue weighted by atomic mass is 10.1. The van der Waals surface area contributed by atoms with Crippen LogP contribution in [0.25, 0.3) is 0 Å². The van der Waals surface area contributed by atoms with Crippen LogP contribution in [0.3, 0.4) is 0 Å². The zero-order valence-corrected chi connectivity index (χ0v) is 10.9. The third-order valence-corrected chi connectivity index (χ3v) is 3.72. The van der Waals surface area contributed by atoms with Crippen molar-refractivity contribution in [3.05, 3.63) is 21.9 Å². The first kappa shape index (κ1) is 12.9. The fourth-order valence-electron chi connectivity index (χ4n) is 1.09. The van der Waals surface area contributed by atoms with Gasteiger partial charge in [-0.1, -0.05) is 13.8 Å². The van der Waals surface area contributed by atoms with Crippen molar-refractivity contribution in [2.75, 3.05) is 0 Å². The monoisotopic (exact) mass is 239 g/mol. The molecular formula is C12H17NO2S. The molecule has 88 valence electrons. The van der Waals surface area contributed by atoms with Gasteiger partial charge >= 0.3 is 0 Å². The van der Waals surface area contributed by atoms with Crippen LogP contribution in [0.2, 0.25) is 0 Å². The van der Waals surface area contributed by atoms with Gasteiger partial charge in [-0.25, -0.2) is 0 Å². The van der Waals surface area contributed by atoms with Gasteiger partial charge in [0.25, 0.3) is 5.91 Å². The molecule has 1 N–H and O–H groups in total. The van der Waals surface area contributed by atoms with E-state index in [1.165, 1.54) is 18.3 Å². The molecule has 1 aromatic heterocycles. The topological polar surface area (TPSA) is 46.2 Å². The number of ketones is 1. The van der Waals surface area contributed by atoms with E-state index < -0.39 is 0 Å². The fourth-order valence-corrected chi connectivity index (χ4v) is 1.90. The number of hydrogen-bond donors (Lipinski definition) is 1. The van der Waals surface area contributed by atoms with Gasteiger partial charge in [-0.05, 0) is 31.9 Å². The SMILES string of the molecule is CC(=O)c1ccc(C(=O)NC(C)C(C)C)s1. The van der Waals surface area contributed by atoms with Crippen molar-refractivity contribution >= 4 is 23.0 Å². The van der Waals surface area contributed by atoms with Crippen molar-refractivity contribution in [1.29, 1.82) is 0 Å². The van der Waals surface area contributed by atoms with Crippen molar-refractivity contribution < 1.29 is 9.59 Å². The average molecular weight is 239 g/mol. The van der Waals surface area contributed by atoms with Crippen molar-refractivity contribution in [2.24, 2.45) is 5.92 Å². The van der Waals surface area contributed by atoms with Crippen LogP contribution in [0.4, 0.5) is 0 Å². The summed E-state index contributed by atoms with van der Waals surface area (Å²) in [4.78, 5) is 24.1. The second-order valence-electron chi connectivity index (χ2n) is 4.23. The summed E-state index contributed by atoms with van der Waals surface area (Å²) in [5.41, 5.74) is 0. The Morgan fingerprint density at radius 2 is 1.75 bits per heavy atom. The zero-order chi connectivity index (χ0) is 12.3. The van der Waals surface area contributed by atoms with Gasteiger partial charge in [-0.3, -0.25) is 9.59 Å². The van der Waals surface area contributed by atoms with Crippen LogP contribution in [-0.2, 0) is 0 Å². The number of nitrogens with one attached hydrogen (secondary N) is 1. The summed E-state index contributed by atoms with van der Waals surface area (Å²) in [5, 5.41) is 2.91. The second-order valence-corrected chi connectivity index (χ2v) is 5.31. The molecule has 0 aliphatic heterocycles. The third kappa shape index (κ3) is 3.17. The molecule has 1 amide bonds. The van der Waals surface area contributed by atoms with E-state index in [0.717, 1.165) is 0 Å². The Kier molecular flexibility index (Phi) is 4.24. The number of amides is 1. The van der Waals surface area contributed by atoms with Gasteiger partial charge in [-0.15, -0.1) is 11.3 Å². The van der Waals surface area contributed by atoms with E-state index in [2.05, 4.69) is 19.2 Å². The first-order valence-corrected chi connectivity index (χ1v) is 6.15. The number of thiophene rings is 1. The van der Waals surface area contributed by atoms with Gasteiger partial charge in [-0.2, -0.15) is 0 Å². The predicted octanol–water partition coefficient (Wildman–Crippen LogP) is 2.73. The van der Waals surface area contributed by atoms with Crippen LogP contribution < -0.4 is 5.32 Å². The van der Waals surface area contributed by atoms with Crippen molar-refractivity contribution in [3.8, 4) is 0 Å². The summed E-state index contributed by atoms with van der Waals surface area (Å²) in [6.45, 7) is 7.59. The first-order valence-electron chi connectivity index (χ1n) is 5.33. The number of hydrogen-bond acceptors (Lipinski definition) is 3. The van der Waals surface area contributed by atoms with E-state index in [0.29, 0.717) is 15.7 Å². The first-order chi connectivity index (χ1) is 7.41. The van der Waals surface area contributed by atoms with Crippen LogP contribution in [-0.4, -0.2) is 17.7 Å². The lowest BCUT2D eigenvalue weighted by Crippen LogP contribution is -2.35. The molecule has 0 aromatic carbocycles. The van der Waals surface area contributed by atoms with Crippen LogP contribution >= 0.6 is 11.3 Å². The minimum atomic E-state index is -0.0984. The highest BCUT2D eigenvalue weighted by Crippen LogP contribution is 2.17. The maximum atomic E-state index is 11.8. The highest BCUT2D eigenvalue weighted by Gasteiger charge is 2.15. The summed E-state index contributed by atoms with van der Waals surface area (Å²) in [5.74, 6) is 0.302. The average Bonchev–Trinajstić information content (AvgIpc) is 2.65. The van der Waals surface area contributed by atoms with Crippen LogP contribution in [0.1, 0.15) is 47.0 Å². The molecular weight excluding hydrogens is 222 g/mol.